The summed E-state index contributed by atoms with van der Waals surface area (Å²) >= 11 is 1.92. The second-order valence-corrected chi connectivity index (χ2v) is 5.00. The summed E-state index contributed by atoms with van der Waals surface area (Å²) < 4.78 is 0. The summed E-state index contributed by atoms with van der Waals surface area (Å²) in [6.07, 6.45) is 2.96. The Morgan fingerprint density at radius 3 is 3.00 bits per heavy atom. The monoisotopic (exact) mass is 220 g/mol. The lowest BCUT2D eigenvalue weighted by Gasteiger charge is -2.04. The molecule has 1 aromatic rings. The molecule has 0 atom stereocenters. The van der Waals surface area contributed by atoms with Crippen LogP contribution >= 0.6 is 11.8 Å². The zero-order valence-electron chi connectivity index (χ0n) is 9.23. The lowest BCUT2D eigenvalue weighted by atomic mass is 10.2. The van der Waals surface area contributed by atoms with Crippen molar-refractivity contribution in [1.29, 1.82) is 5.26 Å². The Balaban J connectivity index is 2.35. The second kappa shape index (κ2) is 6.47. The minimum Gasteiger partial charge on any atom is -0.246 e. The van der Waals surface area contributed by atoms with Gasteiger partial charge < -0.3 is 0 Å². The maximum Gasteiger partial charge on any atom is 0.140 e. The Morgan fingerprint density at radius 2 is 2.33 bits per heavy atom. The Labute approximate surface area is 95.7 Å². The standard InChI is InChI=1S/C12H16N2S/c1-10(2)4-6-15-9-11-3-5-14-12(7-11)8-13/h3,5,7,10H,4,6,9H2,1-2H3. The number of hydrogen-bond acceptors (Lipinski definition) is 3. The van der Waals surface area contributed by atoms with E-state index in [4.69, 9.17) is 5.26 Å². The van der Waals surface area contributed by atoms with Gasteiger partial charge in [0, 0.05) is 11.9 Å². The quantitative estimate of drug-likeness (QED) is 0.715. The third-order valence-corrected chi connectivity index (χ3v) is 3.11. The van der Waals surface area contributed by atoms with Crippen LogP contribution in [0.3, 0.4) is 0 Å². The summed E-state index contributed by atoms with van der Waals surface area (Å²) in [5, 5.41) is 8.69. The number of nitrogens with zero attached hydrogens (tertiary/aromatic N) is 2. The predicted octanol–water partition coefficient (Wildman–Crippen LogP) is 3.23. The highest BCUT2D eigenvalue weighted by Crippen LogP contribution is 2.15. The molecule has 1 heterocycles. The van der Waals surface area contributed by atoms with E-state index in [0.717, 1.165) is 11.7 Å². The number of nitriles is 1. The predicted molar refractivity (Wildman–Crippen MR) is 64.6 cm³/mol. The topological polar surface area (TPSA) is 36.7 Å². The van der Waals surface area contributed by atoms with Gasteiger partial charge in [-0.3, -0.25) is 0 Å². The van der Waals surface area contributed by atoms with Crippen molar-refractivity contribution >= 4 is 11.8 Å². The molecule has 0 aliphatic carbocycles. The summed E-state index contributed by atoms with van der Waals surface area (Å²) in [5.41, 5.74) is 1.70. The maximum absolute atomic E-state index is 8.69. The molecule has 15 heavy (non-hydrogen) atoms. The van der Waals surface area contributed by atoms with Crippen LogP contribution in [0.4, 0.5) is 0 Å². The largest absolute Gasteiger partial charge is 0.246 e. The van der Waals surface area contributed by atoms with Crippen molar-refractivity contribution in [3.8, 4) is 6.07 Å². The number of rotatable bonds is 5. The molecule has 0 radical (unpaired) electrons. The average Bonchev–Trinajstić information content (AvgIpc) is 2.24. The number of hydrogen-bond donors (Lipinski definition) is 0. The van der Waals surface area contributed by atoms with Crippen LogP contribution in [0.2, 0.25) is 0 Å². The fraction of sp³-hybridized carbons (Fsp3) is 0.500. The normalized spacial score (nSPS) is 10.3. The number of thioether (sulfide) groups is 1. The van der Waals surface area contributed by atoms with Crippen molar-refractivity contribution in [3.05, 3.63) is 29.6 Å². The molecule has 0 fully saturated rings. The van der Waals surface area contributed by atoms with Crippen molar-refractivity contribution in [2.45, 2.75) is 26.0 Å². The number of aromatic nitrogens is 1. The summed E-state index contributed by atoms with van der Waals surface area (Å²) in [7, 11) is 0. The maximum atomic E-state index is 8.69. The molecule has 0 saturated carbocycles. The van der Waals surface area contributed by atoms with Gasteiger partial charge in [0.15, 0.2) is 0 Å². The van der Waals surface area contributed by atoms with Gasteiger partial charge in [-0.15, -0.1) is 0 Å². The summed E-state index contributed by atoms with van der Waals surface area (Å²) in [5.74, 6) is 2.93. The van der Waals surface area contributed by atoms with Gasteiger partial charge in [-0.1, -0.05) is 13.8 Å². The van der Waals surface area contributed by atoms with E-state index in [1.54, 1.807) is 6.20 Å². The van der Waals surface area contributed by atoms with Gasteiger partial charge in [-0.05, 0) is 35.8 Å². The highest BCUT2D eigenvalue weighted by molar-refractivity contribution is 7.98. The molecule has 0 aliphatic heterocycles. The van der Waals surface area contributed by atoms with Crippen molar-refractivity contribution in [2.24, 2.45) is 5.92 Å². The molecule has 0 aliphatic rings. The van der Waals surface area contributed by atoms with Crippen molar-refractivity contribution in [3.63, 3.8) is 0 Å². The van der Waals surface area contributed by atoms with Crippen LogP contribution in [0.1, 0.15) is 31.5 Å². The molecule has 0 aromatic carbocycles. The highest BCUT2D eigenvalue weighted by Gasteiger charge is 1.98. The van der Waals surface area contributed by atoms with Gasteiger partial charge in [0.2, 0.25) is 0 Å². The zero-order chi connectivity index (χ0) is 11.1. The lowest BCUT2D eigenvalue weighted by Crippen LogP contribution is -1.91. The molecule has 80 valence electrons. The van der Waals surface area contributed by atoms with E-state index in [2.05, 4.69) is 24.9 Å². The first-order chi connectivity index (χ1) is 7.22. The van der Waals surface area contributed by atoms with Crippen LogP contribution in [0.15, 0.2) is 18.3 Å². The minimum atomic E-state index is 0.511. The van der Waals surface area contributed by atoms with Gasteiger partial charge >= 0.3 is 0 Å². The molecule has 0 amide bonds. The lowest BCUT2D eigenvalue weighted by molar-refractivity contribution is 0.632. The molecule has 0 N–H and O–H groups in total. The molecule has 3 heteroatoms. The summed E-state index contributed by atoms with van der Waals surface area (Å²) in [6.45, 7) is 4.47. The van der Waals surface area contributed by atoms with Gasteiger partial charge in [-0.25, -0.2) is 4.98 Å². The van der Waals surface area contributed by atoms with Crippen LogP contribution in [-0.4, -0.2) is 10.7 Å². The molecule has 0 bridgehead atoms. The first-order valence-electron chi connectivity index (χ1n) is 5.15. The molecule has 0 saturated heterocycles. The third kappa shape index (κ3) is 4.85. The number of pyridine rings is 1. The Morgan fingerprint density at radius 1 is 1.53 bits per heavy atom. The van der Waals surface area contributed by atoms with Gasteiger partial charge in [0.1, 0.15) is 11.8 Å². The molecule has 1 rings (SSSR count). The molecular formula is C12H16N2S. The van der Waals surface area contributed by atoms with E-state index in [1.165, 1.54) is 17.7 Å². The fourth-order valence-electron chi connectivity index (χ4n) is 1.13. The first-order valence-corrected chi connectivity index (χ1v) is 6.30. The molecule has 1 aromatic heterocycles. The third-order valence-electron chi connectivity index (χ3n) is 2.05. The van der Waals surface area contributed by atoms with Crippen LogP contribution in [0.25, 0.3) is 0 Å². The van der Waals surface area contributed by atoms with E-state index < -0.39 is 0 Å². The van der Waals surface area contributed by atoms with E-state index >= 15 is 0 Å². The van der Waals surface area contributed by atoms with Crippen LogP contribution < -0.4 is 0 Å². The SMILES string of the molecule is CC(C)CCSCc1ccnc(C#N)c1. The van der Waals surface area contributed by atoms with Gasteiger partial charge in [0.05, 0.1) is 0 Å². The second-order valence-electron chi connectivity index (χ2n) is 3.90. The summed E-state index contributed by atoms with van der Waals surface area (Å²) in [4.78, 5) is 3.94. The van der Waals surface area contributed by atoms with E-state index in [0.29, 0.717) is 5.69 Å². The van der Waals surface area contributed by atoms with Crippen LogP contribution in [-0.2, 0) is 5.75 Å². The van der Waals surface area contributed by atoms with E-state index in [1.807, 2.05) is 23.9 Å². The Hall–Kier alpha value is -1.01. The van der Waals surface area contributed by atoms with Gasteiger partial charge in [-0.2, -0.15) is 17.0 Å². The Kier molecular flexibility index (Phi) is 5.20. The van der Waals surface area contributed by atoms with Gasteiger partial charge in [0.25, 0.3) is 0 Å². The molecule has 0 spiro atoms. The highest BCUT2D eigenvalue weighted by atomic mass is 32.2. The van der Waals surface area contributed by atoms with Crippen molar-refractivity contribution in [2.75, 3.05) is 5.75 Å². The van der Waals surface area contributed by atoms with Crippen molar-refractivity contribution in [1.82, 2.24) is 4.98 Å². The van der Waals surface area contributed by atoms with Crippen LogP contribution in [0.5, 0.6) is 0 Å². The Bertz CT molecular complexity index is 342. The summed E-state index contributed by atoms with van der Waals surface area (Å²) in [6, 6.07) is 5.89. The molecule has 2 nitrogen and oxygen atoms in total. The van der Waals surface area contributed by atoms with E-state index in [9.17, 15) is 0 Å². The fourth-order valence-corrected chi connectivity index (χ4v) is 2.33. The minimum absolute atomic E-state index is 0.511. The molecule has 0 unspecified atom stereocenters. The van der Waals surface area contributed by atoms with Crippen LogP contribution in [0, 0.1) is 17.2 Å². The van der Waals surface area contributed by atoms with Crippen molar-refractivity contribution < 1.29 is 0 Å². The smallest absolute Gasteiger partial charge is 0.140 e. The first kappa shape index (κ1) is 12.1. The molecular weight excluding hydrogens is 204 g/mol. The average molecular weight is 220 g/mol. The zero-order valence-corrected chi connectivity index (χ0v) is 10.0. The van der Waals surface area contributed by atoms with E-state index in [-0.39, 0.29) is 0 Å².